The molecule has 114 valence electrons. The van der Waals surface area contributed by atoms with Gasteiger partial charge in [-0.25, -0.2) is 0 Å². The zero-order chi connectivity index (χ0) is 15.3. The van der Waals surface area contributed by atoms with E-state index in [1.54, 1.807) is 12.2 Å². The minimum atomic E-state index is -0.0985. The molecule has 1 heterocycles. The number of halogens is 1. The van der Waals surface area contributed by atoms with Gasteiger partial charge in [0.05, 0.1) is 9.21 Å². The molecule has 1 atom stereocenters. The molecule has 1 aromatic carbocycles. The van der Waals surface area contributed by atoms with Gasteiger partial charge in [-0.15, -0.1) is 0 Å². The lowest BCUT2D eigenvalue weighted by Crippen LogP contribution is -2.03. The van der Waals surface area contributed by atoms with Crippen molar-refractivity contribution >= 4 is 30.4 Å². The molecular weight excluding hydrogens is 393 g/mol. The fourth-order valence-electron chi connectivity index (χ4n) is 1.99. The topological polar surface area (TPSA) is 21.3 Å². The average molecular weight is 415 g/mol. The maximum atomic E-state index is 5.65. The van der Waals surface area contributed by atoms with Crippen molar-refractivity contribution in [2.75, 3.05) is 13.1 Å². The molecule has 21 heavy (non-hydrogen) atoms. The lowest BCUT2D eigenvalue weighted by atomic mass is 10.0. The summed E-state index contributed by atoms with van der Waals surface area (Å²) < 4.78 is 5.65. The van der Waals surface area contributed by atoms with E-state index in [2.05, 4.69) is 39.7 Å². The van der Waals surface area contributed by atoms with E-state index in [9.17, 15) is 0 Å². The van der Waals surface area contributed by atoms with Crippen molar-refractivity contribution in [1.29, 1.82) is 0 Å². The first kappa shape index (κ1) is 18.5. The highest BCUT2D eigenvalue weighted by Crippen LogP contribution is 2.32. The Balaban J connectivity index is 0.000000369. The van der Waals surface area contributed by atoms with Crippen molar-refractivity contribution in [2.24, 2.45) is 0 Å². The van der Waals surface area contributed by atoms with Gasteiger partial charge >= 0.3 is 0 Å². The standard InChI is InChI=1S/C13H13IOS.C4H9N/c1-3-8-11(4-2)13(15-16-14)12-9-6-5-7-10-12;1-2-4-5-3-1/h3-10,13H,1-2H2;5H,1-4H2/b11-8+;. The molecule has 4 heteroatoms. The molecule has 1 aliphatic heterocycles. The van der Waals surface area contributed by atoms with E-state index in [1.165, 1.54) is 35.1 Å². The van der Waals surface area contributed by atoms with Gasteiger partial charge in [0.2, 0.25) is 0 Å². The van der Waals surface area contributed by atoms with Gasteiger partial charge in [-0.1, -0.05) is 61.7 Å². The third kappa shape index (κ3) is 7.31. The molecule has 0 bridgehead atoms. The highest BCUT2D eigenvalue weighted by molar-refractivity contribution is 14.2. The maximum absolute atomic E-state index is 5.65. The van der Waals surface area contributed by atoms with Crippen LogP contribution in [0.4, 0.5) is 0 Å². The van der Waals surface area contributed by atoms with Crippen molar-refractivity contribution in [3.8, 4) is 0 Å². The number of hydrogen-bond donors (Lipinski definition) is 1. The summed E-state index contributed by atoms with van der Waals surface area (Å²) in [5.74, 6) is 0. The summed E-state index contributed by atoms with van der Waals surface area (Å²) in [6, 6.07) is 10.1. The molecule has 0 amide bonds. The number of allylic oxidation sites excluding steroid dienone is 2. The number of benzene rings is 1. The molecule has 0 aromatic heterocycles. The molecule has 0 saturated carbocycles. The molecule has 0 aliphatic carbocycles. The van der Waals surface area contributed by atoms with E-state index in [0.29, 0.717) is 0 Å². The normalized spacial score (nSPS) is 15.8. The van der Waals surface area contributed by atoms with Crippen LogP contribution in [0.2, 0.25) is 0 Å². The zero-order valence-electron chi connectivity index (χ0n) is 12.1. The molecule has 1 fully saturated rings. The van der Waals surface area contributed by atoms with Crippen LogP contribution in [0, 0.1) is 0 Å². The second-order valence-corrected chi connectivity index (χ2v) is 5.91. The van der Waals surface area contributed by atoms with Gasteiger partial charge in [0.1, 0.15) is 6.10 Å². The fraction of sp³-hybridized carbons (Fsp3) is 0.294. The molecule has 0 radical (unpaired) electrons. The van der Waals surface area contributed by atoms with Crippen LogP contribution in [0.1, 0.15) is 24.5 Å². The van der Waals surface area contributed by atoms with Crippen LogP contribution < -0.4 is 5.32 Å². The molecular formula is C17H22INOS. The Morgan fingerprint density at radius 1 is 1.24 bits per heavy atom. The Labute approximate surface area is 144 Å². The minimum Gasteiger partial charge on any atom is -0.317 e. The highest BCUT2D eigenvalue weighted by Gasteiger charge is 2.14. The first-order chi connectivity index (χ1) is 10.3. The third-order valence-electron chi connectivity index (χ3n) is 3.04. The van der Waals surface area contributed by atoms with Gasteiger partial charge in [0.15, 0.2) is 0 Å². The van der Waals surface area contributed by atoms with Crippen LogP contribution >= 0.6 is 30.4 Å². The Bertz CT molecular complexity index is 436. The van der Waals surface area contributed by atoms with Crippen LogP contribution in [0.25, 0.3) is 0 Å². The van der Waals surface area contributed by atoms with Crippen LogP contribution in [0.5, 0.6) is 0 Å². The Morgan fingerprint density at radius 2 is 1.90 bits per heavy atom. The quantitative estimate of drug-likeness (QED) is 0.381. The molecule has 1 saturated heterocycles. The van der Waals surface area contributed by atoms with Crippen molar-refractivity contribution in [1.82, 2.24) is 5.32 Å². The minimum absolute atomic E-state index is 0.0985. The second-order valence-electron chi connectivity index (χ2n) is 4.51. The van der Waals surface area contributed by atoms with Gasteiger partial charge < -0.3 is 5.32 Å². The van der Waals surface area contributed by atoms with Crippen molar-refractivity contribution in [3.05, 3.63) is 72.9 Å². The Morgan fingerprint density at radius 3 is 2.33 bits per heavy atom. The van der Waals surface area contributed by atoms with Crippen LogP contribution in [-0.4, -0.2) is 13.1 Å². The number of rotatable bonds is 6. The summed E-state index contributed by atoms with van der Waals surface area (Å²) in [4.78, 5) is 0. The van der Waals surface area contributed by atoms with Crippen molar-refractivity contribution < 1.29 is 4.18 Å². The summed E-state index contributed by atoms with van der Waals surface area (Å²) in [7, 11) is 1.32. The van der Waals surface area contributed by atoms with Gasteiger partial charge in [-0.2, -0.15) is 0 Å². The highest BCUT2D eigenvalue weighted by atomic mass is 127. The Kier molecular flexibility index (Phi) is 10.6. The van der Waals surface area contributed by atoms with Gasteiger partial charge in [0.25, 0.3) is 0 Å². The van der Waals surface area contributed by atoms with Crippen LogP contribution in [-0.2, 0) is 4.18 Å². The first-order valence-corrected chi connectivity index (χ1v) is 10.3. The average Bonchev–Trinajstić information content (AvgIpc) is 3.11. The number of hydrogen-bond acceptors (Lipinski definition) is 3. The van der Waals surface area contributed by atoms with Crippen molar-refractivity contribution in [2.45, 2.75) is 18.9 Å². The van der Waals surface area contributed by atoms with Crippen LogP contribution in [0.3, 0.4) is 0 Å². The summed E-state index contributed by atoms with van der Waals surface area (Å²) in [5.41, 5.74) is 2.12. The first-order valence-electron chi connectivity index (χ1n) is 6.98. The Hall–Kier alpha value is -0.560. The van der Waals surface area contributed by atoms with E-state index < -0.39 is 0 Å². The van der Waals surface area contributed by atoms with E-state index >= 15 is 0 Å². The fourth-order valence-corrected chi connectivity index (χ4v) is 2.91. The summed E-state index contributed by atoms with van der Waals surface area (Å²) >= 11 is 2.11. The lowest BCUT2D eigenvalue weighted by molar-refractivity contribution is 0.301. The van der Waals surface area contributed by atoms with E-state index in [4.69, 9.17) is 4.18 Å². The predicted molar refractivity (Wildman–Crippen MR) is 102 cm³/mol. The summed E-state index contributed by atoms with van der Waals surface area (Å²) in [6.45, 7) is 10.00. The smallest absolute Gasteiger partial charge is 0.123 e. The maximum Gasteiger partial charge on any atom is 0.123 e. The monoisotopic (exact) mass is 415 g/mol. The lowest BCUT2D eigenvalue weighted by Gasteiger charge is -2.16. The predicted octanol–water partition coefficient (Wildman–Crippen LogP) is 5.41. The van der Waals surface area contributed by atoms with E-state index in [1.807, 2.05) is 36.4 Å². The molecule has 1 N–H and O–H groups in total. The second kappa shape index (κ2) is 12.0. The van der Waals surface area contributed by atoms with Gasteiger partial charge in [-0.05, 0) is 37.1 Å². The third-order valence-corrected chi connectivity index (χ3v) is 3.93. The molecule has 1 aliphatic rings. The van der Waals surface area contributed by atoms with E-state index in [-0.39, 0.29) is 6.10 Å². The molecule has 2 nitrogen and oxygen atoms in total. The van der Waals surface area contributed by atoms with Gasteiger partial charge in [0, 0.05) is 21.2 Å². The van der Waals surface area contributed by atoms with Gasteiger partial charge in [-0.3, -0.25) is 4.18 Å². The molecule has 2 rings (SSSR count). The largest absolute Gasteiger partial charge is 0.317 e. The SMILES string of the molecule is C1CCNC1.C=C/C=C(\C=C)C(OSI)c1ccccc1. The molecule has 1 aromatic rings. The van der Waals surface area contributed by atoms with E-state index in [0.717, 1.165) is 11.1 Å². The summed E-state index contributed by atoms with van der Waals surface area (Å²) in [6.07, 6.45) is 8.14. The molecule has 1 unspecified atom stereocenters. The molecule has 0 spiro atoms. The summed E-state index contributed by atoms with van der Waals surface area (Å²) in [5, 5.41) is 3.22. The van der Waals surface area contributed by atoms with Crippen molar-refractivity contribution in [3.63, 3.8) is 0 Å². The number of nitrogens with one attached hydrogen (secondary N) is 1. The zero-order valence-corrected chi connectivity index (χ0v) is 15.1. The van der Waals surface area contributed by atoms with Crippen LogP contribution in [0.15, 0.2) is 67.3 Å².